The molecule has 1 heterocycles. The number of primary amides is 1. The van der Waals surface area contributed by atoms with Crippen LogP contribution in [-0.4, -0.2) is 267 Å². The fourth-order valence-corrected chi connectivity index (χ4v) is 11.5. The van der Waals surface area contributed by atoms with E-state index in [2.05, 4.69) is 210 Å². The normalized spacial score (nSPS) is 15.5. The van der Waals surface area contributed by atoms with Crippen molar-refractivity contribution in [2.24, 2.45) is 11.6 Å². The van der Waals surface area contributed by atoms with E-state index in [-0.39, 0.29) is 91.6 Å². The van der Waals surface area contributed by atoms with Crippen molar-refractivity contribution in [3.63, 3.8) is 0 Å². The number of phenols is 2. The molecule has 1 saturated heterocycles. The number of aliphatic hydroxyl groups is 1. The van der Waals surface area contributed by atoms with Gasteiger partial charge in [-0.15, -0.1) is 70.0 Å². The number of rotatable bonds is 45. The number of ether oxygens (including phenoxy) is 2. The molecular formula is C61H99N15O21S12. The van der Waals surface area contributed by atoms with Crippen LogP contribution in [0.3, 0.4) is 0 Å². The third kappa shape index (κ3) is 37.8. The number of phenolic OH excluding ortho intramolecular Hbond substituents is 2. The number of thiol groups is 12. The van der Waals surface area contributed by atoms with E-state index < -0.39 is 198 Å². The molecule has 14 atom stereocenters. The molecular weight excluding hydrogens is 1660 g/mol. The maximum absolute atomic E-state index is 14.3. The van der Waals surface area contributed by atoms with Crippen LogP contribution < -0.4 is 75.5 Å². The maximum atomic E-state index is 14.3. The number of carbonyl (C=O) groups is 15. The van der Waals surface area contributed by atoms with Crippen molar-refractivity contribution in [2.45, 2.75) is 143 Å². The summed E-state index contributed by atoms with van der Waals surface area (Å²) in [5.41, 5.74) is 8.83. The Hall–Kier alpha value is -5.55. The van der Waals surface area contributed by atoms with Gasteiger partial charge in [0.2, 0.25) is 76.5 Å². The Morgan fingerprint density at radius 3 is 1.40 bits per heavy atom. The van der Waals surface area contributed by atoms with Crippen molar-refractivity contribution in [3.05, 3.63) is 59.7 Å². The Labute approximate surface area is 694 Å². The van der Waals surface area contributed by atoms with Crippen molar-refractivity contribution in [1.82, 2.24) is 68.8 Å². The van der Waals surface area contributed by atoms with Gasteiger partial charge in [-0.05, 0) is 74.9 Å². The van der Waals surface area contributed by atoms with Gasteiger partial charge in [-0.1, -0.05) is 24.3 Å². The van der Waals surface area contributed by atoms with E-state index in [4.69, 9.17) is 21.1 Å². The van der Waals surface area contributed by atoms with Crippen LogP contribution >= 0.6 is 146 Å². The number of benzene rings is 2. The first kappa shape index (κ1) is 105. The zero-order valence-electron chi connectivity index (χ0n) is 59.3. The standard InChI is InChI=1S/C61H91N15O20S6.H2O.3H2S2/c1-29(52(85)71-44(28-102)57(90)74-49(30(2)77)59(92)65-22-47(81)68-41(25-99)54(87)70-38(61(94)96-4)19-32-9-14-35(79)15-10-32)66-58(91)45-6-5-17-76(45)60(93)37(20-46(62)80)69-55(88)42(26-100)73-56(89)43(27-101)72-53(86)36(18-31-7-12-34(78)13-8-31)64-21-33(11-16-48(82)95-3)67-39(23-97)50(83)51(84)40(24-98)75-63;;3*1-2/h7-10,12-15,29-30,33,36-45,49,64,67,75,77-79,97-102H,5-6,11,16-28,63H2,1-4H3,(H2,62,80)(H,65,92)(H,66,91)(H,68,81)(H,69,88)(H,70,87)(H,71,85)(H,72,86)(H,73,89)(H,74,90);1H2;3*1-2H/t29?,30-,33?,36+,37+,38?,39+,40+,41?,42+,43+,44+,45+,49+;;;;/m1..../s1. The van der Waals surface area contributed by atoms with Crippen molar-refractivity contribution in [1.29, 1.82) is 0 Å². The monoisotopic (exact) mass is 1760 g/mol. The van der Waals surface area contributed by atoms with E-state index in [9.17, 15) is 87.2 Å². The Bertz CT molecular complexity index is 3260. The zero-order valence-corrected chi connectivity index (χ0v) is 70.0. The third-order valence-electron chi connectivity index (χ3n) is 15.7. The Morgan fingerprint density at radius 1 is 0.541 bits per heavy atom. The second-order valence-electron chi connectivity index (χ2n) is 23.3. The lowest BCUT2D eigenvalue weighted by Crippen LogP contribution is -2.61. The number of methoxy groups -OCH3 is 2. The number of hydrazine groups is 1. The van der Waals surface area contributed by atoms with Crippen LogP contribution in [0.1, 0.15) is 57.1 Å². The summed E-state index contributed by atoms with van der Waals surface area (Å²) < 4.78 is 9.61. The smallest absolute Gasteiger partial charge is 0.328 e. The number of hydrogen-bond donors (Lipinski definition) is 29. The minimum absolute atomic E-state index is 0. The van der Waals surface area contributed by atoms with Crippen LogP contribution in [0, 0.1) is 0 Å². The molecule has 48 heteroatoms. The highest BCUT2D eigenvalue weighted by Crippen LogP contribution is 2.21. The molecule has 1 aliphatic heterocycles. The van der Waals surface area contributed by atoms with Gasteiger partial charge in [0.15, 0.2) is 0 Å². The summed E-state index contributed by atoms with van der Waals surface area (Å²) in [6.07, 6.45) is -2.44. The van der Waals surface area contributed by atoms with Gasteiger partial charge in [0.05, 0.1) is 51.4 Å². The van der Waals surface area contributed by atoms with Crippen molar-refractivity contribution in [3.8, 4) is 11.5 Å². The predicted octanol–water partition coefficient (Wildman–Crippen LogP) is -5.44. The van der Waals surface area contributed by atoms with Gasteiger partial charge >= 0.3 is 11.9 Å². The fraction of sp³-hybridized carbons (Fsp3) is 0.557. The molecule has 21 N–H and O–H groups in total. The number of ketones is 2. The number of likely N-dealkylation sites (tertiary alicyclic amines) is 1. The number of carbonyl (C=O) groups excluding carboxylic acids is 15. The number of nitrogens with zero attached hydrogens (tertiary/aromatic N) is 1. The van der Waals surface area contributed by atoms with E-state index in [1.807, 2.05) is 0 Å². The first-order valence-electron chi connectivity index (χ1n) is 32.3. The number of aliphatic hydroxyl groups excluding tert-OH is 1. The molecule has 4 unspecified atom stereocenters. The quantitative estimate of drug-likeness (QED) is 0.00735. The van der Waals surface area contributed by atoms with Crippen molar-refractivity contribution >= 4 is 234 Å². The number of esters is 2. The van der Waals surface area contributed by atoms with Crippen molar-refractivity contribution < 1.29 is 102 Å². The SMILES string of the molecule is COC(=O)CCC(CN[C@@H](Cc1ccc(O)cc1)C(=O)N[C@@H](CS)C(=O)N[C@@H](CS)C(=O)N[C@@H](CC(N)=O)C(=O)N1CCC[C@H]1C(=O)NC(C)C(=O)N[C@@H](CS)C(=O)N[C@H](C(=O)NCC(=O)NC(CS)C(=O)NC(Cc1ccc(O)cc1)C(=O)OC)[C@@H](C)O)N[C@@H](CS)C(=O)C(=O)[C@H](CS)NN.O.SS.SS.SS. The van der Waals surface area contributed by atoms with Gasteiger partial charge in [0.25, 0.3) is 0 Å². The lowest BCUT2D eigenvalue weighted by atomic mass is 10.0. The average Bonchev–Trinajstić information content (AvgIpc) is 1.73. The molecule has 11 amide bonds. The molecule has 2 aromatic carbocycles. The summed E-state index contributed by atoms with van der Waals surface area (Å²) in [5.74, 6) is -10.2. The lowest BCUT2D eigenvalue weighted by molar-refractivity contribution is -0.145. The second kappa shape index (κ2) is 58.3. The molecule has 0 saturated carbocycles. The number of nitrogens with two attached hydrogens (primary N) is 2. The fourth-order valence-electron chi connectivity index (χ4n) is 9.93. The summed E-state index contributed by atoms with van der Waals surface area (Å²) in [5, 5.41) is 57.8. The van der Waals surface area contributed by atoms with Crippen LogP contribution in [0.25, 0.3) is 0 Å². The third-order valence-corrected chi connectivity index (χ3v) is 17.9. The molecule has 109 heavy (non-hydrogen) atoms. The van der Waals surface area contributed by atoms with Crippen LogP contribution in [0.2, 0.25) is 0 Å². The molecule has 0 aromatic heterocycles. The maximum Gasteiger partial charge on any atom is 0.328 e. The van der Waals surface area contributed by atoms with Gasteiger partial charge in [0, 0.05) is 66.5 Å². The minimum atomic E-state index is -1.74. The highest BCUT2D eigenvalue weighted by molar-refractivity contribution is 8.60. The van der Waals surface area contributed by atoms with E-state index >= 15 is 0 Å². The van der Waals surface area contributed by atoms with Crippen LogP contribution in [0.5, 0.6) is 11.5 Å². The van der Waals surface area contributed by atoms with Crippen LogP contribution in [0.4, 0.5) is 0 Å². The van der Waals surface area contributed by atoms with E-state index in [1.165, 1.54) is 62.6 Å². The number of aromatic hydroxyl groups is 2. The summed E-state index contributed by atoms with van der Waals surface area (Å²) in [7, 11) is 2.28. The Balaban J connectivity index is 0. The average molecular weight is 1760 g/mol. The zero-order chi connectivity index (χ0) is 82.5. The van der Waals surface area contributed by atoms with Gasteiger partial charge in [-0.25, -0.2) is 10.2 Å². The first-order valence-corrected chi connectivity index (χ1v) is 40.9. The predicted molar refractivity (Wildman–Crippen MR) is 446 cm³/mol. The van der Waals surface area contributed by atoms with Gasteiger partial charge < -0.3 is 99.4 Å². The van der Waals surface area contributed by atoms with Crippen molar-refractivity contribution in [2.75, 3.05) is 68.4 Å². The molecule has 1 aliphatic rings. The van der Waals surface area contributed by atoms with E-state index in [1.54, 1.807) is 0 Å². The number of Topliss-reactive ketones (excluding diaryl/α,β-unsaturated/α-hetero) is 2. The highest BCUT2D eigenvalue weighted by Gasteiger charge is 2.41. The van der Waals surface area contributed by atoms with Gasteiger partial charge in [0.1, 0.15) is 65.9 Å². The van der Waals surface area contributed by atoms with Gasteiger partial charge in [-0.2, -0.15) is 75.8 Å². The summed E-state index contributed by atoms with van der Waals surface area (Å²) in [6, 6.07) is -6.04. The number of amides is 11. The molecule has 0 aliphatic carbocycles. The molecule has 3 rings (SSSR count). The number of nitrogens with one attached hydrogen (secondary N) is 12. The minimum Gasteiger partial charge on any atom is -0.508 e. The lowest BCUT2D eigenvalue weighted by Gasteiger charge is -2.30. The van der Waals surface area contributed by atoms with Gasteiger partial charge in [-0.3, -0.25) is 73.0 Å². The summed E-state index contributed by atoms with van der Waals surface area (Å²) in [6.45, 7) is 1.35. The van der Waals surface area contributed by atoms with E-state index in [0.29, 0.717) is 11.1 Å². The molecule has 0 radical (unpaired) electrons. The molecule has 616 valence electrons. The van der Waals surface area contributed by atoms with Crippen LogP contribution in [-0.2, 0) is 94.2 Å². The summed E-state index contributed by atoms with van der Waals surface area (Å²) in [4.78, 5) is 201. The molecule has 1 fully saturated rings. The topological polar surface area (TPSA) is 566 Å². The molecule has 0 spiro atoms. The first-order chi connectivity index (χ1) is 51.3. The largest absolute Gasteiger partial charge is 0.508 e. The Kier molecular flexibility index (Phi) is 56.5. The van der Waals surface area contributed by atoms with Crippen LogP contribution in [0.15, 0.2) is 48.5 Å². The summed E-state index contributed by atoms with van der Waals surface area (Å²) >= 11 is 44.4. The molecule has 0 bridgehead atoms. The van der Waals surface area contributed by atoms with E-state index in [0.717, 1.165) is 18.9 Å². The Morgan fingerprint density at radius 2 is 0.963 bits per heavy atom. The number of hydrogen-bond acceptors (Lipinski definition) is 36. The highest BCUT2D eigenvalue weighted by atomic mass is 33.1. The molecule has 2 aromatic rings. The second-order valence-corrected chi connectivity index (χ2v) is 25.5. The molecule has 36 nitrogen and oxygen atoms in total.